The van der Waals surface area contributed by atoms with E-state index in [2.05, 4.69) is 28.1 Å². The third-order valence-electron chi connectivity index (χ3n) is 0.949. The number of hydrogen-bond donors (Lipinski definition) is 0. The van der Waals surface area contributed by atoms with Crippen LogP contribution in [0.2, 0.25) is 0 Å². The van der Waals surface area contributed by atoms with Gasteiger partial charge in [-0.2, -0.15) is 0 Å². The summed E-state index contributed by atoms with van der Waals surface area (Å²) in [5.41, 5.74) is 0. The summed E-state index contributed by atoms with van der Waals surface area (Å²) >= 11 is 0. The van der Waals surface area contributed by atoms with Gasteiger partial charge in [-0.05, 0) is 6.92 Å². The molecule has 3 heteroatoms. The fourth-order valence-corrected chi connectivity index (χ4v) is 0. The van der Waals surface area contributed by atoms with E-state index in [1.54, 1.807) is 0 Å². The highest BCUT2D eigenvalue weighted by Crippen LogP contribution is 1.83. The molecule has 49 valence electrons. The molecule has 0 aliphatic rings. The van der Waals surface area contributed by atoms with Crippen LogP contribution >= 0.6 is 0 Å². The van der Waals surface area contributed by atoms with Crippen molar-refractivity contribution in [3.8, 4) is 0 Å². The van der Waals surface area contributed by atoms with Gasteiger partial charge in [0.2, 0.25) is 0 Å². The quantitative estimate of drug-likeness (QED) is 0.283. The van der Waals surface area contributed by atoms with E-state index >= 15 is 0 Å². The lowest BCUT2D eigenvalue weighted by Crippen LogP contribution is -3.00. The lowest BCUT2D eigenvalue weighted by molar-refractivity contribution is -0.868. The summed E-state index contributed by atoms with van der Waals surface area (Å²) in [4.78, 5) is 0. The Hall–Kier alpha value is 0.782. The second kappa shape index (κ2) is 5.91. The largest absolute Gasteiger partial charge is 1.00 e. The van der Waals surface area contributed by atoms with Gasteiger partial charge in [-0.15, -0.1) is 0 Å². The molecule has 0 atom stereocenters. The molecule has 0 fully saturated rings. The number of nitrogens with zero attached hydrogens (tertiary/aromatic N) is 1. The zero-order valence-corrected chi connectivity index (χ0v) is 8.02. The molecule has 0 aromatic heterocycles. The first-order valence-corrected chi connectivity index (χ1v) is 2.36. The standard InChI is InChI=1S/C5H14N.Al.ClH/c1-5-6(2,3)4;;/h5H2,1-4H3;;1H/q+1;;/p-1. The van der Waals surface area contributed by atoms with Gasteiger partial charge < -0.3 is 16.9 Å². The van der Waals surface area contributed by atoms with Crippen molar-refractivity contribution in [2.75, 3.05) is 27.7 Å². The van der Waals surface area contributed by atoms with E-state index in [4.69, 9.17) is 0 Å². The van der Waals surface area contributed by atoms with Crippen LogP contribution in [0.15, 0.2) is 0 Å². The van der Waals surface area contributed by atoms with Crippen molar-refractivity contribution in [1.82, 2.24) is 0 Å². The molecule has 0 bridgehead atoms. The van der Waals surface area contributed by atoms with Crippen LogP contribution in [0.5, 0.6) is 0 Å². The number of halogens is 1. The minimum absolute atomic E-state index is 0. The van der Waals surface area contributed by atoms with Gasteiger partial charge in [-0.1, -0.05) is 0 Å². The van der Waals surface area contributed by atoms with Crippen molar-refractivity contribution in [2.45, 2.75) is 6.92 Å². The molecule has 0 aromatic rings. The molecular weight excluding hydrogens is 136 g/mol. The Labute approximate surface area is 69.2 Å². The van der Waals surface area contributed by atoms with Crippen LogP contribution in [-0.4, -0.2) is 49.5 Å². The van der Waals surface area contributed by atoms with Crippen LogP contribution in [0.25, 0.3) is 0 Å². The van der Waals surface area contributed by atoms with Crippen molar-refractivity contribution in [1.29, 1.82) is 0 Å². The molecule has 1 nitrogen and oxygen atoms in total. The first-order chi connectivity index (χ1) is 2.56. The normalized spacial score (nSPS) is 9.00. The molecule has 8 heavy (non-hydrogen) atoms. The molecule has 0 aromatic carbocycles. The monoisotopic (exact) mass is 150 g/mol. The Morgan fingerprint density at radius 1 is 1.12 bits per heavy atom. The molecule has 0 spiro atoms. The summed E-state index contributed by atoms with van der Waals surface area (Å²) in [7, 11) is 6.54. The Morgan fingerprint density at radius 3 is 1.25 bits per heavy atom. The van der Waals surface area contributed by atoms with Gasteiger partial charge >= 0.3 is 0 Å². The SMILES string of the molecule is CC[N+](C)(C)C.[Al].[Cl-]. The Morgan fingerprint density at radius 2 is 1.25 bits per heavy atom. The van der Waals surface area contributed by atoms with Crippen LogP contribution in [0.4, 0.5) is 0 Å². The lowest BCUT2D eigenvalue weighted by Gasteiger charge is -2.20. The van der Waals surface area contributed by atoms with E-state index in [1.807, 2.05) is 0 Å². The molecule has 0 rings (SSSR count). The van der Waals surface area contributed by atoms with Crippen molar-refractivity contribution in [3.63, 3.8) is 0 Å². The highest BCUT2D eigenvalue weighted by molar-refractivity contribution is 5.75. The smallest absolute Gasteiger partial charge is 0.0751 e. The predicted octanol–water partition coefficient (Wildman–Crippen LogP) is -2.66. The van der Waals surface area contributed by atoms with E-state index in [1.165, 1.54) is 6.54 Å². The highest BCUT2D eigenvalue weighted by Gasteiger charge is 1.97. The van der Waals surface area contributed by atoms with Crippen molar-refractivity contribution in [2.24, 2.45) is 0 Å². The lowest BCUT2D eigenvalue weighted by atomic mass is 10.6. The van der Waals surface area contributed by atoms with E-state index in [9.17, 15) is 0 Å². The molecule has 0 saturated heterocycles. The second-order valence-corrected chi connectivity index (χ2v) is 2.61. The average molecular weight is 151 g/mol. The van der Waals surface area contributed by atoms with Gasteiger partial charge in [0, 0.05) is 17.4 Å². The minimum atomic E-state index is 0. The van der Waals surface area contributed by atoms with Crippen LogP contribution in [0.1, 0.15) is 6.92 Å². The molecule has 0 aliphatic carbocycles. The maximum Gasteiger partial charge on any atom is 0.0751 e. The average Bonchev–Trinajstić information content (AvgIpc) is 1.35. The Kier molecular flexibility index (Phi) is 11.8. The van der Waals surface area contributed by atoms with Gasteiger partial charge in [0.05, 0.1) is 27.7 Å². The van der Waals surface area contributed by atoms with Gasteiger partial charge in [-0.3, -0.25) is 0 Å². The van der Waals surface area contributed by atoms with Crippen molar-refractivity contribution >= 4 is 17.4 Å². The van der Waals surface area contributed by atoms with Crippen LogP contribution in [-0.2, 0) is 0 Å². The second-order valence-electron chi connectivity index (χ2n) is 2.61. The van der Waals surface area contributed by atoms with E-state index < -0.39 is 0 Å². The third-order valence-corrected chi connectivity index (χ3v) is 0.949. The summed E-state index contributed by atoms with van der Waals surface area (Å²) in [6.07, 6.45) is 0. The summed E-state index contributed by atoms with van der Waals surface area (Å²) in [5.74, 6) is 0. The molecule has 0 N–H and O–H groups in total. The van der Waals surface area contributed by atoms with E-state index in [0.29, 0.717) is 0 Å². The minimum Gasteiger partial charge on any atom is -1.00 e. The molecular formula is C5H14AlClN. The molecule has 0 heterocycles. The van der Waals surface area contributed by atoms with Crippen molar-refractivity contribution < 1.29 is 16.9 Å². The maximum atomic E-state index is 2.18. The zero-order valence-electron chi connectivity index (χ0n) is 6.11. The maximum absolute atomic E-state index is 2.18. The summed E-state index contributed by atoms with van der Waals surface area (Å²) in [6, 6.07) is 0. The van der Waals surface area contributed by atoms with Gasteiger partial charge in [0.15, 0.2) is 0 Å². The van der Waals surface area contributed by atoms with Crippen molar-refractivity contribution in [3.05, 3.63) is 0 Å². The highest BCUT2D eigenvalue weighted by atomic mass is 35.5. The van der Waals surface area contributed by atoms with Crippen LogP contribution < -0.4 is 12.4 Å². The molecule has 0 saturated carbocycles. The van der Waals surface area contributed by atoms with Crippen LogP contribution in [0, 0.1) is 0 Å². The number of hydrogen-bond acceptors (Lipinski definition) is 0. The Bertz CT molecular complexity index is 42.2. The fourth-order valence-electron chi connectivity index (χ4n) is 0. The Balaban J connectivity index is -0.000000125. The number of quaternary nitrogens is 1. The van der Waals surface area contributed by atoms with Gasteiger partial charge in [0.1, 0.15) is 0 Å². The van der Waals surface area contributed by atoms with E-state index in [-0.39, 0.29) is 29.8 Å². The van der Waals surface area contributed by atoms with Gasteiger partial charge in [0.25, 0.3) is 0 Å². The van der Waals surface area contributed by atoms with Crippen LogP contribution in [0.3, 0.4) is 0 Å². The summed E-state index contributed by atoms with van der Waals surface area (Å²) in [5, 5.41) is 0. The molecule has 0 amide bonds. The summed E-state index contributed by atoms with van der Waals surface area (Å²) < 4.78 is 1.07. The predicted molar refractivity (Wildman–Crippen MR) is 34.3 cm³/mol. The topological polar surface area (TPSA) is 0 Å². The molecule has 0 unspecified atom stereocenters. The first-order valence-electron chi connectivity index (χ1n) is 2.36. The number of rotatable bonds is 1. The fraction of sp³-hybridized carbons (Fsp3) is 1.00. The van der Waals surface area contributed by atoms with E-state index in [0.717, 1.165) is 4.48 Å². The van der Waals surface area contributed by atoms with Gasteiger partial charge in [-0.25, -0.2) is 0 Å². The summed E-state index contributed by atoms with van der Waals surface area (Å²) in [6.45, 7) is 3.39. The molecule has 0 aliphatic heterocycles. The third kappa shape index (κ3) is 15.9. The molecule has 3 radical (unpaired) electrons. The zero-order chi connectivity index (χ0) is 5.21. The first kappa shape index (κ1) is 15.9.